The smallest absolute Gasteiger partial charge is 0.120 e. The number of nitrogens with one attached hydrogen (secondary N) is 1. The van der Waals surface area contributed by atoms with Gasteiger partial charge in [0, 0.05) is 25.3 Å². The first-order chi connectivity index (χ1) is 9.53. The summed E-state index contributed by atoms with van der Waals surface area (Å²) in [6, 6.07) is 11.8. The third kappa shape index (κ3) is 3.50. The van der Waals surface area contributed by atoms with Crippen molar-refractivity contribution in [2.24, 2.45) is 0 Å². The summed E-state index contributed by atoms with van der Waals surface area (Å²) in [7, 11) is 0. The van der Waals surface area contributed by atoms with Crippen LogP contribution in [0, 0.1) is 0 Å². The molecule has 0 heterocycles. The molecule has 2 aromatic carbocycles. The summed E-state index contributed by atoms with van der Waals surface area (Å²) in [5, 5.41) is 15.7. The van der Waals surface area contributed by atoms with Crippen LogP contribution in [-0.4, -0.2) is 23.9 Å². The highest BCUT2D eigenvalue weighted by Gasteiger charge is 2.17. The normalized spacial score (nSPS) is 11.9. The Labute approximate surface area is 120 Å². The Balaban J connectivity index is 2.12. The largest absolute Gasteiger partial charge is 0.508 e. The summed E-state index contributed by atoms with van der Waals surface area (Å²) in [4.78, 5) is 0. The Bertz CT molecular complexity index is 578. The van der Waals surface area contributed by atoms with Crippen molar-refractivity contribution >= 4 is 10.8 Å². The fourth-order valence-electron chi connectivity index (χ4n) is 2.44. The summed E-state index contributed by atoms with van der Waals surface area (Å²) in [6.45, 7) is 8.19. The minimum atomic E-state index is -0.199. The van der Waals surface area contributed by atoms with E-state index in [1.807, 2.05) is 31.2 Å². The molecule has 20 heavy (non-hydrogen) atoms. The van der Waals surface area contributed by atoms with E-state index >= 15 is 0 Å². The van der Waals surface area contributed by atoms with Gasteiger partial charge in [-0.1, -0.05) is 30.3 Å². The molecule has 0 atom stereocenters. The molecule has 0 bridgehead atoms. The van der Waals surface area contributed by atoms with Gasteiger partial charge in [0.2, 0.25) is 0 Å². The molecule has 0 saturated carbocycles. The Morgan fingerprint density at radius 1 is 1.15 bits per heavy atom. The van der Waals surface area contributed by atoms with Gasteiger partial charge < -0.3 is 15.2 Å². The number of hydrogen-bond donors (Lipinski definition) is 2. The van der Waals surface area contributed by atoms with Crippen molar-refractivity contribution < 1.29 is 9.84 Å². The number of ether oxygens (including phenoxy) is 1. The van der Waals surface area contributed by atoms with Gasteiger partial charge in [-0.3, -0.25) is 0 Å². The first-order valence-electron chi connectivity index (χ1n) is 7.08. The predicted molar refractivity (Wildman–Crippen MR) is 83.0 cm³/mol. The lowest BCUT2D eigenvalue weighted by molar-refractivity contribution is -0.00898. The van der Waals surface area contributed by atoms with Gasteiger partial charge in [0.25, 0.3) is 0 Å². The first-order valence-corrected chi connectivity index (χ1v) is 7.08. The van der Waals surface area contributed by atoms with E-state index in [2.05, 4.69) is 25.2 Å². The van der Waals surface area contributed by atoms with Crippen LogP contribution in [0.5, 0.6) is 5.75 Å². The van der Waals surface area contributed by atoms with Crippen molar-refractivity contribution in [3.8, 4) is 5.75 Å². The molecule has 0 aromatic heterocycles. The average molecular weight is 273 g/mol. The number of benzene rings is 2. The van der Waals surface area contributed by atoms with Crippen molar-refractivity contribution in [3.05, 3.63) is 42.0 Å². The molecule has 0 radical (unpaired) electrons. The lowest BCUT2D eigenvalue weighted by Crippen LogP contribution is -2.37. The molecule has 0 amide bonds. The minimum absolute atomic E-state index is 0.199. The summed E-state index contributed by atoms with van der Waals surface area (Å²) in [5.41, 5.74) is 0.741. The molecule has 0 saturated heterocycles. The Morgan fingerprint density at radius 3 is 2.65 bits per heavy atom. The maximum Gasteiger partial charge on any atom is 0.120 e. The molecule has 0 fully saturated rings. The molecule has 0 aliphatic heterocycles. The molecular formula is C17H23NO2. The number of rotatable bonds is 6. The van der Waals surface area contributed by atoms with Crippen LogP contribution in [0.15, 0.2) is 36.4 Å². The van der Waals surface area contributed by atoms with E-state index in [1.165, 1.54) is 0 Å². The molecule has 0 aliphatic rings. The fourth-order valence-corrected chi connectivity index (χ4v) is 2.44. The molecule has 0 unspecified atom stereocenters. The van der Waals surface area contributed by atoms with E-state index < -0.39 is 0 Å². The van der Waals surface area contributed by atoms with Crippen LogP contribution in [0.4, 0.5) is 0 Å². The van der Waals surface area contributed by atoms with Gasteiger partial charge in [0.15, 0.2) is 0 Å². The van der Waals surface area contributed by atoms with Crippen molar-refractivity contribution in [2.45, 2.75) is 32.9 Å². The molecule has 3 nitrogen and oxygen atoms in total. The van der Waals surface area contributed by atoms with Gasteiger partial charge in [-0.25, -0.2) is 0 Å². The molecule has 0 aliphatic carbocycles. The van der Waals surface area contributed by atoms with Crippen molar-refractivity contribution in [3.63, 3.8) is 0 Å². The summed E-state index contributed by atoms with van der Waals surface area (Å²) in [5.74, 6) is 0.338. The Morgan fingerprint density at radius 2 is 1.90 bits per heavy atom. The van der Waals surface area contributed by atoms with Gasteiger partial charge in [-0.2, -0.15) is 0 Å². The molecule has 0 spiro atoms. The topological polar surface area (TPSA) is 41.5 Å². The predicted octanol–water partition coefficient (Wildman–Crippen LogP) is 3.45. The quantitative estimate of drug-likeness (QED) is 0.847. The maximum atomic E-state index is 10.1. The van der Waals surface area contributed by atoms with Gasteiger partial charge in [0.05, 0.1) is 5.60 Å². The van der Waals surface area contributed by atoms with Crippen LogP contribution in [0.25, 0.3) is 10.8 Å². The first kappa shape index (κ1) is 14.8. The monoisotopic (exact) mass is 273 g/mol. The molecular weight excluding hydrogens is 250 g/mol. The number of aromatic hydroxyl groups is 1. The molecule has 108 valence electrons. The van der Waals surface area contributed by atoms with Crippen LogP contribution in [-0.2, 0) is 11.3 Å². The number of phenolic OH excluding ortho intramolecular Hbond substituents is 1. The molecule has 2 aromatic rings. The number of phenols is 1. The van der Waals surface area contributed by atoms with Crippen molar-refractivity contribution in [2.75, 3.05) is 13.2 Å². The Hall–Kier alpha value is -1.58. The van der Waals surface area contributed by atoms with Crippen molar-refractivity contribution in [1.82, 2.24) is 5.32 Å². The van der Waals surface area contributed by atoms with E-state index in [0.29, 0.717) is 18.9 Å². The second kappa shape index (κ2) is 6.25. The van der Waals surface area contributed by atoms with Crippen LogP contribution in [0.1, 0.15) is 26.3 Å². The standard InChI is InChI=1S/C17H23NO2/c1-4-20-17(2,3)12-18-11-15-14-8-6-5-7-13(14)9-10-16(15)19/h5-10,18-19H,4,11-12H2,1-3H3. The number of hydrogen-bond acceptors (Lipinski definition) is 3. The van der Waals surface area contributed by atoms with E-state index in [4.69, 9.17) is 4.74 Å². The molecule has 2 N–H and O–H groups in total. The average Bonchev–Trinajstić information content (AvgIpc) is 2.41. The van der Waals surface area contributed by atoms with E-state index in [-0.39, 0.29) is 5.60 Å². The zero-order chi connectivity index (χ0) is 14.6. The van der Waals surface area contributed by atoms with Gasteiger partial charge in [0.1, 0.15) is 5.75 Å². The van der Waals surface area contributed by atoms with Gasteiger partial charge in [-0.05, 0) is 37.6 Å². The van der Waals surface area contributed by atoms with E-state index in [9.17, 15) is 5.11 Å². The summed E-state index contributed by atoms with van der Waals surface area (Å²) in [6.07, 6.45) is 0. The van der Waals surface area contributed by atoms with Crippen LogP contribution >= 0.6 is 0 Å². The van der Waals surface area contributed by atoms with E-state index in [0.717, 1.165) is 22.9 Å². The van der Waals surface area contributed by atoms with Gasteiger partial charge >= 0.3 is 0 Å². The molecule has 2 rings (SSSR count). The highest BCUT2D eigenvalue weighted by molar-refractivity contribution is 5.87. The second-order valence-electron chi connectivity index (χ2n) is 5.58. The maximum absolute atomic E-state index is 10.1. The minimum Gasteiger partial charge on any atom is -0.508 e. The summed E-state index contributed by atoms with van der Waals surface area (Å²) < 4.78 is 5.66. The zero-order valence-electron chi connectivity index (χ0n) is 12.4. The highest BCUT2D eigenvalue weighted by Crippen LogP contribution is 2.26. The third-order valence-electron chi connectivity index (χ3n) is 3.40. The fraction of sp³-hybridized carbons (Fsp3) is 0.412. The van der Waals surface area contributed by atoms with Crippen LogP contribution in [0.2, 0.25) is 0 Å². The number of fused-ring (bicyclic) bond motifs is 1. The lowest BCUT2D eigenvalue weighted by Gasteiger charge is -2.25. The Kier molecular flexibility index (Phi) is 4.63. The van der Waals surface area contributed by atoms with Crippen LogP contribution < -0.4 is 5.32 Å². The zero-order valence-corrected chi connectivity index (χ0v) is 12.4. The lowest BCUT2D eigenvalue weighted by atomic mass is 10.0. The summed E-state index contributed by atoms with van der Waals surface area (Å²) >= 11 is 0. The molecule has 3 heteroatoms. The third-order valence-corrected chi connectivity index (χ3v) is 3.40. The van der Waals surface area contributed by atoms with Gasteiger partial charge in [-0.15, -0.1) is 0 Å². The second-order valence-corrected chi connectivity index (χ2v) is 5.58. The van der Waals surface area contributed by atoms with Crippen LogP contribution in [0.3, 0.4) is 0 Å². The van der Waals surface area contributed by atoms with Crippen molar-refractivity contribution in [1.29, 1.82) is 0 Å². The SMILES string of the molecule is CCOC(C)(C)CNCc1c(O)ccc2ccccc12. The van der Waals surface area contributed by atoms with E-state index in [1.54, 1.807) is 6.07 Å². The highest BCUT2D eigenvalue weighted by atomic mass is 16.5.